The first-order valence-corrected chi connectivity index (χ1v) is 5.29. The topological polar surface area (TPSA) is 42.7 Å². The summed E-state index contributed by atoms with van der Waals surface area (Å²) < 4.78 is 1.82. The highest BCUT2D eigenvalue weighted by molar-refractivity contribution is 4.94. The molecule has 0 amide bonds. The number of hydrogen-bond acceptors (Lipinski definition) is 3. The first-order chi connectivity index (χ1) is 6.76. The quantitative estimate of drug-likeness (QED) is 0.763. The molecule has 0 saturated heterocycles. The molecule has 0 spiro atoms. The van der Waals surface area contributed by atoms with E-state index in [2.05, 4.69) is 22.3 Å². The molecule has 1 aromatic heterocycles. The lowest BCUT2D eigenvalue weighted by atomic mass is 10.0. The monoisotopic (exact) mass is 194 g/mol. The normalized spacial score (nSPS) is 18.4. The van der Waals surface area contributed by atoms with Gasteiger partial charge >= 0.3 is 0 Å². The highest BCUT2D eigenvalue weighted by Gasteiger charge is 2.39. The Hall–Kier alpha value is -0.900. The van der Waals surface area contributed by atoms with Gasteiger partial charge in [0, 0.05) is 13.6 Å². The summed E-state index contributed by atoms with van der Waals surface area (Å²) in [5.74, 6) is 1.01. The van der Waals surface area contributed by atoms with Gasteiger partial charge in [-0.25, -0.2) is 4.98 Å². The molecule has 1 aliphatic rings. The van der Waals surface area contributed by atoms with E-state index in [1.165, 1.54) is 19.3 Å². The van der Waals surface area contributed by atoms with Crippen LogP contribution in [0.3, 0.4) is 0 Å². The maximum Gasteiger partial charge on any atom is 0.140 e. The lowest BCUT2D eigenvalue weighted by Gasteiger charge is -2.12. The highest BCUT2D eigenvalue weighted by Crippen LogP contribution is 2.47. The zero-order valence-electron chi connectivity index (χ0n) is 8.95. The van der Waals surface area contributed by atoms with Crippen molar-refractivity contribution in [3.05, 3.63) is 12.2 Å². The van der Waals surface area contributed by atoms with Crippen LogP contribution < -0.4 is 5.32 Å². The highest BCUT2D eigenvalue weighted by atomic mass is 15.3. The Morgan fingerprint density at radius 1 is 1.57 bits per heavy atom. The molecule has 1 heterocycles. The van der Waals surface area contributed by atoms with E-state index in [0.29, 0.717) is 5.41 Å². The molecule has 1 aliphatic carbocycles. The molecular weight excluding hydrogens is 176 g/mol. The second-order valence-electron chi connectivity index (χ2n) is 4.26. The lowest BCUT2D eigenvalue weighted by molar-refractivity contribution is 0.436. The van der Waals surface area contributed by atoms with Crippen molar-refractivity contribution < 1.29 is 0 Å². The van der Waals surface area contributed by atoms with Crippen LogP contribution in [0, 0.1) is 5.41 Å². The Bertz CT molecular complexity index is 301. The van der Waals surface area contributed by atoms with Crippen molar-refractivity contribution in [2.75, 3.05) is 6.54 Å². The Morgan fingerprint density at radius 2 is 2.36 bits per heavy atom. The molecule has 4 nitrogen and oxygen atoms in total. The summed E-state index contributed by atoms with van der Waals surface area (Å²) in [7, 11) is 1.93. The van der Waals surface area contributed by atoms with E-state index in [1.54, 1.807) is 6.33 Å². The summed E-state index contributed by atoms with van der Waals surface area (Å²) in [6.07, 6.45) is 5.66. The van der Waals surface area contributed by atoms with Crippen LogP contribution in [0.1, 0.15) is 32.0 Å². The van der Waals surface area contributed by atoms with Crippen molar-refractivity contribution in [2.45, 2.75) is 32.7 Å². The first-order valence-electron chi connectivity index (χ1n) is 5.29. The molecular formula is C10H18N4. The fraction of sp³-hybridized carbons (Fsp3) is 0.800. The third-order valence-corrected chi connectivity index (χ3v) is 3.30. The van der Waals surface area contributed by atoms with Gasteiger partial charge < -0.3 is 5.32 Å². The van der Waals surface area contributed by atoms with E-state index < -0.39 is 0 Å². The zero-order valence-corrected chi connectivity index (χ0v) is 8.95. The average Bonchev–Trinajstić information content (AvgIpc) is 2.86. The largest absolute Gasteiger partial charge is 0.309 e. The molecule has 1 fully saturated rings. The molecule has 4 heteroatoms. The summed E-state index contributed by atoms with van der Waals surface area (Å²) in [4.78, 5) is 4.17. The Balaban J connectivity index is 1.76. The standard InChI is InChI=1S/C10H18N4/c1-3-10(4-5-10)7-11-6-9-12-8-13-14(9)2/h8,11H,3-7H2,1-2H3. The van der Waals surface area contributed by atoms with Crippen molar-refractivity contribution in [1.29, 1.82) is 0 Å². The van der Waals surface area contributed by atoms with Gasteiger partial charge in [-0.2, -0.15) is 5.10 Å². The third kappa shape index (κ3) is 1.95. The van der Waals surface area contributed by atoms with E-state index in [4.69, 9.17) is 0 Å². The molecule has 78 valence electrons. The smallest absolute Gasteiger partial charge is 0.140 e. The minimum atomic E-state index is 0.610. The fourth-order valence-electron chi connectivity index (χ4n) is 1.75. The van der Waals surface area contributed by atoms with Crippen LogP contribution in [0.5, 0.6) is 0 Å². The van der Waals surface area contributed by atoms with Crippen molar-refractivity contribution in [3.8, 4) is 0 Å². The van der Waals surface area contributed by atoms with Gasteiger partial charge in [0.1, 0.15) is 12.2 Å². The van der Waals surface area contributed by atoms with Crippen LogP contribution in [0.15, 0.2) is 6.33 Å². The Labute approximate surface area is 84.7 Å². The van der Waals surface area contributed by atoms with Crippen molar-refractivity contribution in [3.63, 3.8) is 0 Å². The number of aryl methyl sites for hydroxylation is 1. The van der Waals surface area contributed by atoms with E-state index in [-0.39, 0.29) is 0 Å². The zero-order chi connectivity index (χ0) is 10.0. The molecule has 0 aliphatic heterocycles. The van der Waals surface area contributed by atoms with Gasteiger partial charge in [0.15, 0.2) is 0 Å². The summed E-state index contributed by atoms with van der Waals surface area (Å²) in [6.45, 7) is 4.23. The van der Waals surface area contributed by atoms with Gasteiger partial charge in [-0.1, -0.05) is 6.92 Å². The van der Waals surface area contributed by atoms with Crippen LogP contribution in [-0.2, 0) is 13.6 Å². The lowest BCUT2D eigenvalue weighted by Crippen LogP contribution is -2.24. The van der Waals surface area contributed by atoms with E-state index >= 15 is 0 Å². The van der Waals surface area contributed by atoms with Crippen LogP contribution in [0.2, 0.25) is 0 Å². The minimum Gasteiger partial charge on any atom is -0.309 e. The van der Waals surface area contributed by atoms with E-state index in [0.717, 1.165) is 18.9 Å². The predicted octanol–water partition coefficient (Wildman–Crippen LogP) is 1.09. The molecule has 1 aromatic rings. The van der Waals surface area contributed by atoms with Crippen molar-refractivity contribution >= 4 is 0 Å². The van der Waals surface area contributed by atoms with Gasteiger partial charge in [0.05, 0.1) is 6.54 Å². The number of nitrogens with one attached hydrogen (secondary N) is 1. The van der Waals surface area contributed by atoms with Gasteiger partial charge in [-0.3, -0.25) is 4.68 Å². The van der Waals surface area contributed by atoms with Crippen molar-refractivity contribution in [2.24, 2.45) is 12.5 Å². The van der Waals surface area contributed by atoms with Crippen LogP contribution >= 0.6 is 0 Å². The number of nitrogens with zero attached hydrogens (tertiary/aromatic N) is 3. The molecule has 1 N–H and O–H groups in total. The van der Waals surface area contributed by atoms with E-state index in [1.807, 2.05) is 11.7 Å². The third-order valence-electron chi connectivity index (χ3n) is 3.30. The second kappa shape index (κ2) is 3.69. The van der Waals surface area contributed by atoms with Gasteiger partial charge in [0.25, 0.3) is 0 Å². The Kier molecular flexibility index (Phi) is 2.54. The Morgan fingerprint density at radius 3 is 2.86 bits per heavy atom. The summed E-state index contributed by atoms with van der Waals surface area (Å²) in [5.41, 5.74) is 0.610. The molecule has 0 radical (unpaired) electrons. The maximum atomic E-state index is 4.17. The molecule has 0 bridgehead atoms. The average molecular weight is 194 g/mol. The molecule has 2 rings (SSSR count). The van der Waals surface area contributed by atoms with Gasteiger partial charge in [0.2, 0.25) is 0 Å². The summed E-state index contributed by atoms with van der Waals surface area (Å²) in [5, 5.41) is 7.49. The minimum absolute atomic E-state index is 0.610. The summed E-state index contributed by atoms with van der Waals surface area (Å²) in [6, 6.07) is 0. The number of aromatic nitrogens is 3. The molecule has 0 aromatic carbocycles. The molecule has 1 saturated carbocycles. The maximum absolute atomic E-state index is 4.17. The van der Waals surface area contributed by atoms with Crippen LogP contribution in [0.4, 0.5) is 0 Å². The summed E-state index contributed by atoms with van der Waals surface area (Å²) >= 11 is 0. The molecule has 14 heavy (non-hydrogen) atoms. The first kappa shape index (κ1) is 9.65. The second-order valence-corrected chi connectivity index (χ2v) is 4.26. The fourth-order valence-corrected chi connectivity index (χ4v) is 1.75. The molecule has 0 unspecified atom stereocenters. The van der Waals surface area contributed by atoms with Crippen LogP contribution in [0.25, 0.3) is 0 Å². The van der Waals surface area contributed by atoms with E-state index in [9.17, 15) is 0 Å². The predicted molar refractivity (Wildman–Crippen MR) is 54.7 cm³/mol. The number of hydrogen-bond donors (Lipinski definition) is 1. The molecule has 0 atom stereocenters. The van der Waals surface area contributed by atoms with Crippen molar-refractivity contribution in [1.82, 2.24) is 20.1 Å². The van der Waals surface area contributed by atoms with Gasteiger partial charge in [-0.05, 0) is 24.7 Å². The SMILES string of the molecule is CCC1(CNCc2ncnn2C)CC1. The van der Waals surface area contributed by atoms with Gasteiger partial charge in [-0.15, -0.1) is 0 Å². The van der Waals surface area contributed by atoms with Crippen LogP contribution in [-0.4, -0.2) is 21.3 Å². The number of rotatable bonds is 5.